The largest absolute Gasteiger partial charge is 0.481 e. The van der Waals surface area contributed by atoms with Gasteiger partial charge in [-0.25, -0.2) is 9.97 Å². The van der Waals surface area contributed by atoms with Gasteiger partial charge in [-0.1, -0.05) is 6.92 Å². The van der Waals surface area contributed by atoms with Gasteiger partial charge in [0.25, 0.3) is 0 Å². The summed E-state index contributed by atoms with van der Waals surface area (Å²) in [7, 11) is 3.51. The fourth-order valence-corrected chi connectivity index (χ4v) is 1.89. The Balaban J connectivity index is 2.30. The number of ether oxygens (including phenoxy) is 1. The second kappa shape index (κ2) is 6.29. The van der Waals surface area contributed by atoms with Gasteiger partial charge < -0.3 is 10.1 Å². The molecular weight excluding hydrogens is 242 g/mol. The number of aryl methyl sites for hydroxylation is 1. The molecule has 0 saturated heterocycles. The predicted molar refractivity (Wildman–Crippen MR) is 71.9 cm³/mol. The molecule has 0 aromatic carbocycles. The molecule has 0 amide bonds. The lowest BCUT2D eigenvalue weighted by atomic mass is 10.1. The molecule has 2 aromatic heterocycles. The normalized spacial score (nSPS) is 12.4. The van der Waals surface area contributed by atoms with Crippen molar-refractivity contribution >= 4 is 0 Å². The number of hydrogen-bond donors (Lipinski definition) is 1. The van der Waals surface area contributed by atoms with Crippen molar-refractivity contribution in [3.63, 3.8) is 0 Å². The Labute approximate surface area is 112 Å². The van der Waals surface area contributed by atoms with E-state index in [0.717, 1.165) is 24.2 Å². The lowest BCUT2D eigenvalue weighted by molar-refractivity contribution is 0.394. The molecule has 2 rings (SSSR count). The van der Waals surface area contributed by atoms with Crippen LogP contribution in [0.15, 0.2) is 24.8 Å². The molecule has 0 saturated carbocycles. The average Bonchev–Trinajstić information content (AvgIpc) is 2.86. The number of nitrogens with one attached hydrogen (secondary N) is 1. The summed E-state index contributed by atoms with van der Waals surface area (Å²) in [6.45, 7) is 3.04. The molecule has 0 spiro atoms. The second-order valence-electron chi connectivity index (χ2n) is 4.32. The predicted octanol–water partition coefficient (Wildman–Crippen LogP) is 1.31. The molecule has 102 valence electrons. The van der Waals surface area contributed by atoms with Gasteiger partial charge in [0.2, 0.25) is 5.88 Å². The number of nitrogens with zero attached hydrogens (tertiary/aromatic N) is 4. The van der Waals surface area contributed by atoms with E-state index < -0.39 is 0 Å². The number of aromatic nitrogens is 4. The van der Waals surface area contributed by atoms with E-state index in [-0.39, 0.29) is 6.04 Å². The third-order valence-corrected chi connectivity index (χ3v) is 2.82. The maximum atomic E-state index is 5.15. The van der Waals surface area contributed by atoms with Crippen LogP contribution in [0.3, 0.4) is 0 Å². The molecule has 1 N–H and O–H groups in total. The average molecular weight is 261 g/mol. The Bertz CT molecular complexity index is 525. The van der Waals surface area contributed by atoms with E-state index in [9.17, 15) is 0 Å². The summed E-state index contributed by atoms with van der Waals surface area (Å²) < 4.78 is 6.94. The molecule has 1 atom stereocenters. The molecule has 0 fully saturated rings. The molecule has 2 aromatic rings. The zero-order valence-corrected chi connectivity index (χ0v) is 11.5. The first-order chi connectivity index (χ1) is 9.24. The Morgan fingerprint density at radius 2 is 2.26 bits per heavy atom. The minimum Gasteiger partial charge on any atom is -0.481 e. The Morgan fingerprint density at radius 3 is 2.89 bits per heavy atom. The lowest BCUT2D eigenvalue weighted by Crippen LogP contribution is -2.24. The Hall–Kier alpha value is -1.95. The molecule has 6 heteroatoms. The fourth-order valence-electron chi connectivity index (χ4n) is 1.89. The van der Waals surface area contributed by atoms with Crippen LogP contribution in [0.5, 0.6) is 5.88 Å². The SMILES string of the molecule is CCCNC(c1cnn(C)c1)c1cc(OC)ncn1. The van der Waals surface area contributed by atoms with Crippen molar-refractivity contribution in [2.24, 2.45) is 7.05 Å². The van der Waals surface area contributed by atoms with E-state index in [1.165, 1.54) is 6.33 Å². The number of hydrogen-bond acceptors (Lipinski definition) is 5. The summed E-state index contributed by atoms with van der Waals surface area (Å²) in [6, 6.07) is 1.85. The van der Waals surface area contributed by atoms with Gasteiger partial charge in [0, 0.05) is 24.9 Å². The number of methoxy groups -OCH3 is 1. The monoisotopic (exact) mass is 261 g/mol. The molecule has 1 unspecified atom stereocenters. The third-order valence-electron chi connectivity index (χ3n) is 2.82. The van der Waals surface area contributed by atoms with E-state index >= 15 is 0 Å². The Morgan fingerprint density at radius 1 is 1.42 bits per heavy atom. The molecule has 0 aliphatic heterocycles. The first kappa shape index (κ1) is 13.5. The zero-order chi connectivity index (χ0) is 13.7. The van der Waals surface area contributed by atoms with E-state index in [0.29, 0.717) is 5.88 Å². The molecule has 0 radical (unpaired) electrons. The van der Waals surface area contributed by atoms with Crippen LogP contribution in [0.1, 0.15) is 30.6 Å². The van der Waals surface area contributed by atoms with Crippen LogP contribution in [0, 0.1) is 0 Å². The smallest absolute Gasteiger partial charge is 0.216 e. The van der Waals surface area contributed by atoms with Gasteiger partial charge in [-0.3, -0.25) is 4.68 Å². The third kappa shape index (κ3) is 3.29. The molecule has 0 aliphatic rings. The summed E-state index contributed by atoms with van der Waals surface area (Å²) in [4.78, 5) is 8.37. The van der Waals surface area contributed by atoms with Crippen molar-refractivity contribution in [3.8, 4) is 5.88 Å². The van der Waals surface area contributed by atoms with Crippen molar-refractivity contribution < 1.29 is 4.74 Å². The highest BCUT2D eigenvalue weighted by Gasteiger charge is 2.17. The van der Waals surface area contributed by atoms with Crippen LogP contribution in [-0.4, -0.2) is 33.4 Å². The van der Waals surface area contributed by atoms with Crippen LogP contribution in [0.25, 0.3) is 0 Å². The minimum atomic E-state index is 0.00514. The maximum absolute atomic E-state index is 5.15. The summed E-state index contributed by atoms with van der Waals surface area (Å²) in [5.41, 5.74) is 1.96. The van der Waals surface area contributed by atoms with Crippen molar-refractivity contribution in [3.05, 3.63) is 36.0 Å². The summed E-state index contributed by atoms with van der Waals surface area (Å²) in [5.74, 6) is 0.567. The molecule has 19 heavy (non-hydrogen) atoms. The summed E-state index contributed by atoms with van der Waals surface area (Å²) in [5, 5.41) is 7.68. The topological polar surface area (TPSA) is 64.9 Å². The molecule has 2 heterocycles. The highest BCUT2D eigenvalue weighted by Crippen LogP contribution is 2.21. The Kier molecular flexibility index (Phi) is 4.46. The number of rotatable bonds is 6. The highest BCUT2D eigenvalue weighted by molar-refractivity contribution is 5.26. The van der Waals surface area contributed by atoms with Crippen LogP contribution < -0.4 is 10.1 Å². The van der Waals surface area contributed by atoms with Gasteiger partial charge in [-0.2, -0.15) is 5.10 Å². The highest BCUT2D eigenvalue weighted by atomic mass is 16.5. The second-order valence-corrected chi connectivity index (χ2v) is 4.32. The molecular formula is C13H19N5O. The van der Waals surface area contributed by atoms with E-state index in [1.807, 2.05) is 25.5 Å². The van der Waals surface area contributed by atoms with Crippen molar-refractivity contribution in [2.45, 2.75) is 19.4 Å². The van der Waals surface area contributed by atoms with Gasteiger partial charge >= 0.3 is 0 Å². The molecule has 0 aliphatic carbocycles. The van der Waals surface area contributed by atoms with Crippen LogP contribution in [-0.2, 0) is 7.05 Å². The van der Waals surface area contributed by atoms with Gasteiger partial charge in [-0.05, 0) is 13.0 Å². The first-order valence-electron chi connectivity index (χ1n) is 6.32. The maximum Gasteiger partial charge on any atom is 0.216 e. The lowest BCUT2D eigenvalue weighted by Gasteiger charge is -2.16. The standard InChI is InChI=1S/C13H19N5O/c1-4-5-14-13(10-7-17-18(2)8-10)11-6-12(19-3)16-9-15-11/h6-9,13-14H,4-5H2,1-3H3. The fraction of sp³-hybridized carbons (Fsp3) is 0.462. The minimum absolute atomic E-state index is 0.00514. The van der Waals surface area contributed by atoms with Crippen LogP contribution in [0.4, 0.5) is 0 Å². The van der Waals surface area contributed by atoms with E-state index in [1.54, 1.807) is 11.8 Å². The van der Waals surface area contributed by atoms with Gasteiger partial charge in [0.1, 0.15) is 6.33 Å². The van der Waals surface area contributed by atoms with Crippen LogP contribution in [0.2, 0.25) is 0 Å². The zero-order valence-electron chi connectivity index (χ0n) is 11.5. The van der Waals surface area contributed by atoms with Crippen LogP contribution >= 0.6 is 0 Å². The summed E-state index contributed by atoms with van der Waals surface area (Å²) in [6.07, 6.45) is 6.41. The molecule has 0 bridgehead atoms. The van der Waals surface area contributed by atoms with Crippen molar-refractivity contribution in [1.29, 1.82) is 0 Å². The first-order valence-corrected chi connectivity index (χ1v) is 6.32. The summed E-state index contributed by atoms with van der Waals surface area (Å²) >= 11 is 0. The van der Waals surface area contributed by atoms with Gasteiger partial charge in [0.05, 0.1) is 25.0 Å². The van der Waals surface area contributed by atoms with Crippen molar-refractivity contribution in [1.82, 2.24) is 25.1 Å². The van der Waals surface area contributed by atoms with E-state index in [2.05, 4.69) is 27.3 Å². The molecule has 6 nitrogen and oxygen atoms in total. The van der Waals surface area contributed by atoms with Crippen molar-refractivity contribution in [2.75, 3.05) is 13.7 Å². The van der Waals surface area contributed by atoms with E-state index in [4.69, 9.17) is 4.74 Å². The van der Waals surface area contributed by atoms with Gasteiger partial charge in [-0.15, -0.1) is 0 Å². The quantitative estimate of drug-likeness (QED) is 0.849. The van der Waals surface area contributed by atoms with Gasteiger partial charge in [0.15, 0.2) is 0 Å².